The van der Waals surface area contributed by atoms with Gasteiger partial charge in [0, 0.05) is 5.92 Å². The number of allylic oxidation sites excluding steroid dienone is 1. The van der Waals surface area contributed by atoms with E-state index >= 15 is 0 Å². The average molecular weight is 373 g/mol. The normalized spacial score (nSPS) is 42.3. The van der Waals surface area contributed by atoms with Gasteiger partial charge < -0.3 is 5.11 Å². The summed E-state index contributed by atoms with van der Waals surface area (Å²) in [6.45, 7) is 7.15. The van der Waals surface area contributed by atoms with Crippen molar-refractivity contribution in [1.29, 1.82) is 0 Å². The van der Waals surface area contributed by atoms with Gasteiger partial charge in [-0.05, 0) is 92.4 Å². The molecule has 0 aromatic heterocycles. The highest BCUT2D eigenvalue weighted by molar-refractivity contribution is 5.94. The van der Waals surface area contributed by atoms with Crippen molar-refractivity contribution in [2.45, 2.75) is 91.1 Å². The highest BCUT2D eigenvalue weighted by Gasteiger charge is 2.53. The van der Waals surface area contributed by atoms with E-state index in [2.05, 4.69) is 20.8 Å². The Balaban J connectivity index is 1.45. The summed E-state index contributed by atoms with van der Waals surface area (Å²) in [5.74, 6) is 5.86. The van der Waals surface area contributed by atoms with Crippen LogP contribution < -0.4 is 0 Å². The van der Waals surface area contributed by atoms with Crippen molar-refractivity contribution in [1.82, 2.24) is 0 Å². The third-order valence-corrected chi connectivity index (χ3v) is 8.79. The largest absolute Gasteiger partial charge is 0.393 e. The highest BCUT2D eigenvalue weighted by atomic mass is 16.3. The van der Waals surface area contributed by atoms with Crippen LogP contribution in [0.3, 0.4) is 0 Å². The Bertz CT molecular complexity index is 577. The van der Waals surface area contributed by atoms with Crippen molar-refractivity contribution in [3.8, 4) is 0 Å². The molecule has 4 aliphatic rings. The maximum absolute atomic E-state index is 13.1. The van der Waals surface area contributed by atoms with Crippen LogP contribution in [0, 0.1) is 47.3 Å². The monoisotopic (exact) mass is 372 g/mol. The van der Waals surface area contributed by atoms with Gasteiger partial charge in [-0.3, -0.25) is 4.79 Å². The van der Waals surface area contributed by atoms with Crippen molar-refractivity contribution in [3.63, 3.8) is 0 Å². The number of hydrogen-bond acceptors (Lipinski definition) is 2. The maximum Gasteiger partial charge on any atom is 0.159 e. The number of aliphatic hydroxyl groups excluding tert-OH is 1. The minimum absolute atomic E-state index is 0.212. The van der Waals surface area contributed by atoms with Gasteiger partial charge in [0.05, 0.1) is 6.10 Å². The fraction of sp³-hybridized carbons (Fsp3) is 0.880. The van der Waals surface area contributed by atoms with Crippen LogP contribution in [0.15, 0.2) is 11.6 Å². The van der Waals surface area contributed by atoms with Gasteiger partial charge in [-0.15, -0.1) is 0 Å². The minimum Gasteiger partial charge on any atom is -0.393 e. The molecule has 27 heavy (non-hydrogen) atoms. The van der Waals surface area contributed by atoms with Crippen molar-refractivity contribution < 1.29 is 9.90 Å². The summed E-state index contributed by atoms with van der Waals surface area (Å²) in [7, 11) is 0. The Morgan fingerprint density at radius 3 is 2.48 bits per heavy atom. The van der Waals surface area contributed by atoms with E-state index in [0.717, 1.165) is 42.9 Å². The Morgan fingerprint density at radius 2 is 1.70 bits per heavy atom. The third-order valence-electron chi connectivity index (χ3n) is 8.79. The molecule has 4 aliphatic carbocycles. The van der Waals surface area contributed by atoms with Crippen LogP contribution in [0.25, 0.3) is 0 Å². The molecule has 7 unspecified atom stereocenters. The average Bonchev–Trinajstić information content (AvgIpc) is 3.04. The molecule has 2 heteroatoms. The quantitative estimate of drug-likeness (QED) is 0.663. The highest BCUT2D eigenvalue weighted by Crippen LogP contribution is 2.58. The molecule has 1 N–H and O–H groups in total. The van der Waals surface area contributed by atoms with Crippen molar-refractivity contribution >= 4 is 5.78 Å². The second-order valence-corrected chi connectivity index (χ2v) is 10.8. The van der Waals surface area contributed by atoms with Crippen LogP contribution in [0.4, 0.5) is 0 Å². The molecule has 152 valence electrons. The van der Waals surface area contributed by atoms with E-state index in [9.17, 15) is 9.90 Å². The van der Waals surface area contributed by atoms with E-state index in [1.807, 2.05) is 6.08 Å². The van der Waals surface area contributed by atoms with Gasteiger partial charge in [-0.25, -0.2) is 0 Å². The van der Waals surface area contributed by atoms with Crippen molar-refractivity contribution in [2.24, 2.45) is 47.3 Å². The van der Waals surface area contributed by atoms with Crippen molar-refractivity contribution in [2.75, 3.05) is 0 Å². The summed E-state index contributed by atoms with van der Waals surface area (Å²) in [5, 5.41) is 10.0. The van der Waals surface area contributed by atoms with E-state index in [0.29, 0.717) is 29.5 Å². The first-order valence-corrected chi connectivity index (χ1v) is 11.9. The first kappa shape index (κ1) is 19.7. The Kier molecular flexibility index (Phi) is 5.84. The van der Waals surface area contributed by atoms with E-state index in [1.165, 1.54) is 50.5 Å². The predicted octanol–water partition coefficient (Wildman–Crippen LogP) is 5.79. The molecule has 0 spiro atoms. The molecule has 2 nitrogen and oxygen atoms in total. The Morgan fingerprint density at radius 1 is 0.963 bits per heavy atom. The van der Waals surface area contributed by atoms with E-state index in [1.54, 1.807) is 0 Å². The van der Waals surface area contributed by atoms with Crippen LogP contribution in [-0.2, 0) is 4.79 Å². The summed E-state index contributed by atoms with van der Waals surface area (Å²) in [4.78, 5) is 13.1. The first-order valence-electron chi connectivity index (χ1n) is 11.9. The van der Waals surface area contributed by atoms with Crippen molar-refractivity contribution in [3.05, 3.63) is 11.6 Å². The molecular formula is C25H40O2. The molecule has 3 fully saturated rings. The van der Waals surface area contributed by atoms with Crippen LogP contribution in [0.2, 0.25) is 0 Å². The van der Waals surface area contributed by atoms with Gasteiger partial charge in [-0.1, -0.05) is 45.6 Å². The van der Waals surface area contributed by atoms with Gasteiger partial charge in [0.15, 0.2) is 5.78 Å². The van der Waals surface area contributed by atoms with Crippen LogP contribution in [0.5, 0.6) is 0 Å². The predicted molar refractivity (Wildman–Crippen MR) is 110 cm³/mol. The summed E-state index contributed by atoms with van der Waals surface area (Å²) >= 11 is 0. The molecular weight excluding hydrogens is 332 g/mol. The zero-order valence-electron chi connectivity index (χ0n) is 17.7. The number of aliphatic hydroxyl groups is 1. The molecule has 3 saturated carbocycles. The number of ketones is 1. The van der Waals surface area contributed by atoms with Gasteiger partial charge in [0.25, 0.3) is 0 Å². The molecule has 0 aliphatic heterocycles. The fourth-order valence-electron chi connectivity index (χ4n) is 7.55. The summed E-state index contributed by atoms with van der Waals surface area (Å²) in [6.07, 6.45) is 13.9. The molecule has 0 aromatic carbocycles. The maximum atomic E-state index is 13.1. The number of carbonyl (C=O) groups excluding carboxylic acids is 1. The number of rotatable bonds is 5. The fourth-order valence-corrected chi connectivity index (χ4v) is 7.55. The molecule has 0 bridgehead atoms. The van der Waals surface area contributed by atoms with E-state index in [-0.39, 0.29) is 6.10 Å². The van der Waals surface area contributed by atoms with Gasteiger partial charge >= 0.3 is 0 Å². The Hall–Kier alpha value is -0.630. The van der Waals surface area contributed by atoms with Crippen LogP contribution in [0.1, 0.15) is 85.0 Å². The lowest BCUT2D eigenvalue weighted by Crippen LogP contribution is -2.46. The zero-order chi connectivity index (χ0) is 19.1. The molecule has 0 saturated heterocycles. The lowest BCUT2D eigenvalue weighted by Gasteiger charge is -2.49. The zero-order valence-corrected chi connectivity index (χ0v) is 17.7. The second-order valence-electron chi connectivity index (χ2n) is 10.8. The Labute approximate surface area is 166 Å². The summed E-state index contributed by atoms with van der Waals surface area (Å²) in [6, 6.07) is 0. The molecule has 4 rings (SSSR count). The lowest BCUT2D eigenvalue weighted by molar-refractivity contribution is -0.127. The smallest absolute Gasteiger partial charge is 0.159 e. The minimum atomic E-state index is -0.212. The first-order chi connectivity index (χ1) is 13.0. The molecule has 0 radical (unpaired) electrons. The van der Waals surface area contributed by atoms with Gasteiger partial charge in [0.2, 0.25) is 0 Å². The van der Waals surface area contributed by atoms with Crippen LogP contribution >= 0.6 is 0 Å². The van der Waals surface area contributed by atoms with Crippen LogP contribution in [-0.4, -0.2) is 17.0 Å². The standard InChI is InChI=1S/C25H40O2/c1-15(2)5-4-6-16(3)19-9-11-23-21(19)10-12-22-20-8-7-18(26)13-17(20)14-24(27)25(22)23/h14-16,18-23,25-26H,4-13H2,1-3H3/t16-,18?,19?,20?,21?,22?,23?,25?/m1/s1. The number of fused-ring (bicyclic) bond motifs is 5. The molecule has 0 aromatic rings. The summed E-state index contributed by atoms with van der Waals surface area (Å²) in [5.41, 5.74) is 1.29. The van der Waals surface area contributed by atoms with E-state index in [4.69, 9.17) is 0 Å². The van der Waals surface area contributed by atoms with E-state index < -0.39 is 0 Å². The second kappa shape index (κ2) is 8.01. The summed E-state index contributed by atoms with van der Waals surface area (Å²) < 4.78 is 0. The van der Waals surface area contributed by atoms with Gasteiger partial charge in [0.1, 0.15) is 0 Å². The number of hydrogen-bond donors (Lipinski definition) is 1. The topological polar surface area (TPSA) is 37.3 Å². The molecule has 8 atom stereocenters. The number of carbonyl (C=O) groups is 1. The lowest BCUT2D eigenvalue weighted by atomic mass is 9.55. The molecule has 0 amide bonds. The third kappa shape index (κ3) is 3.80. The van der Waals surface area contributed by atoms with Gasteiger partial charge in [-0.2, -0.15) is 0 Å². The SMILES string of the molecule is CC(C)CCC[C@@H](C)C1CCC2C1CCC1C3CCC(O)CC3=CC(=O)C12. The molecule has 0 heterocycles.